The lowest BCUT2D eigenvalue weighted by Gasteiger charge is -2.20. The van der Waals surface area contributed by atoms with Gasteiger partial charge in [-0.15, -0.1) is 0 Å². The van der Waals surface area contributed by atoms with Crippen molar-refractivity contribution in [2.75, 3.05) is 25.1 Å². The lowest BCUT2D eigenvalue weighted by atomic mass is 10.3. The van der Waals surface area contributed by atoms with E-state index in [1.54, 1.807) is 24.9 Å². The third-order valence-corrected chi connectivity index (χ3v) is 2.07. The molecule has 0 saturated carbocycles. The van der Waals surface area contributed by atoms with Crippen molar-refractivity contribution in [2.45, 2.75) is 13.0 Å². The van der Waals surface area contributed by atoms with Crippen LogP contribution in [0.3, 0.4) is 0 Å². The Labute approximate surface area is 93.3 Å². The molecule has 0 unspecified atom stereocenters. The Morgan fingerprint density at radius 2 is 2.20 bits per heavy atom. The Morgan fingerprint density at radius 1 is 1.53 bits per heavy atom. The number of aryl methyl sites for hydroxylation is 1. The van der Waals surface area contributed by atoms with Crippen molar-refractivity contribution in [3.63, 3.8) is 0 Å². The highest BCUT2D eigenvalue weighted by atomic mass is 35.5. The van der Waals surface area contributed by atoms with Crippen LogP contribution in [0.1, 0.15) is 5.82 Å². The topological polar surface area (TPSA) is 69.5 Å². The lowest BCUT2D eigenvalue weighted by Crippen LogP contribution is -2.31. The smallest absolute Gasteiger partial charge is 0.134 e. The van der Waals surface area contributed by atoms with E-state index < -0.39 is 6.10 Å². The maximum absolute atomic E-state index is 9.26. The number of aliphatic hydroxyl groups is 2. The second kappa shape index (κ2) is 5.25. The van der Waals surface area contributed by atoms with Crippen LogP contribution in [-0.4, -0.2) is 46.5 Å². The molecular formula is C9H14ClN3O2. The highest BCUT2D eigenvalue weighted by Gasteiger charge is 2.10. The van der Waals surface area contributed by atoms with Crippen LogP contribution in [0.15, 0.2) is 6.07 Å². The molecule has 84 valence electrons. The maximum atomic E-state index is 9.26. The van der Waals surface area contributed by atoms with Gasteiger partial charge in [0, 0.05) is 19.7 Å². The Balaban J connectivity index is 2.77. The van der Waals surface area contributed by atoms with Crippen molar-refractivity contribution in [1.29, 1.82) is 0 Å². The van der Waals surface area contributed by atoms with E-state index in [-0.39, 0.29) is 6.61 Å². The van der Waals surface area contributed by atoms with Crippen LogP contribution >= 0.6 is 11.6 Å². The Bertz CT molecular complexity index is 315. The Kier molecular flexibility index (Phi) is 4.26. The number of halogens is 1. The Hall–Kier alpha value is -0.910. The first-order valence-electron chi connectivity index (χ1n) is 4.54. The van der Waals surface area contributed by atoms with Gasteiger partial charge < -0.3 is 15.1 Å². The van der Waals surface area contributed by atoms with Gasteiger partial charge in [0.1, 0.15) is 16.8 Å². The van der Waals surface area contributed by atoms with Gasteiger partial charge in [-0.05, 0) is 6.92 Å². The summed E-state index contributed by atoms with van der Waals surface area (Å²) in [6, 6.07) is 1.61. The summed E-state index contributed by atoms with van der Waals surface area (Å²) in [6.07, 6.45) is -0.788. The summed E-state index contributed by atoms with van der Waals surface area (Å²) in [5.41, 5.74) is 0. The molecule has 2 N–H and O–H groups in total. The fourth-order valence-electron chi connectivity index (χ4n) is 1.18. The highest BCUT2D eigenvalue weighted by Crippen LogP contribution is 2.14. The largest absolute Gasteiger partial charge is 0.394 e. The summed E-state index contributed by atoms with van der Waals surface area (Å²) >= 11 is 5.77. The van der Waals surface area contributed by atoms with Gasteiger partial charge in [0.2, 0.25) is 0 Å². The van der Waals surface area contributed by atoms with E-state index in [4.69, 9.17) is 16.7 Å². The van der Waals surface area contributed by atoms with E-state index in [0.717, 1.165) is 0 Å². The summed E-state index contributed by atoms with van der Waals surface area (Å²) in [5.74, 6) is 1.20. The molecule has 15 heavy (non-hydrogen) atoms. The first-order chi connectivity index (χ1) is 7.02. The number of hydrogen-bond acceptors (Lipinski definition) is 5. The molecule has 0 aliphatic rings. The molecule has 0 aromatic carbocycles. The predicted octanol–water partition coefficient (Wildman–Crippen LogP) is 0.228. The van der Waals surface area contributed by atoms with Crippen molar-refractivity contribution < 1.29 is 10.2 Å². The highest BCUT2D eigenvalue weighted by molar-refractivity contribution is 6.29. The van der Waals surface area contributed by atoms with E-state index in [9.17, 15) is 5.11 Å². The van der Waals surface area contributed by atoms with Gasteiger partial charge in [0.05, 0.1) is 12.7 Å². The standard InChI is InChI=1S/C9H14ClN3O2/c1-6-11-8(10)3-9(12-6)13(2)4-7(15)5-14/h3,7,14-15H,4-5H2,1-2H3/t7-/m0/s1. The zero-order valence-corrected chi connectivity index (χ0v) is 9.44. The molecule has 1 aromatic heterocycles. The monoisotopic (exact) mass is 231 g/mol. The number of aromatic nitrogens is 2. The van der Waals surface area contributed by atoms with Crippen LogP contribution in [0.25, 0.3) is 0 Å². The first-order valence-corrected chi connectivity index (χ1v) is 4.92. The number of rotatable bonds is 4. The quantitative estimate of drug-likeness (QED) is 0.726. The number of nitrogens with zero attached hydrogens (tertiary/aromatic N) is 3. The van der Waals surface area contributed by atoms with Gasteiger partial charge in [0.25, 0.3) is 0 Å². The Morgan fingerprint density at radius 3 is 2.73 bits per heavy atom. The average Bonchev–Trinajstić information content (AvgIpc) is 2.16. The summed E-state index contributed by atoms with van der Waals surface area (Å²) in [7, 11) is 1.76. The number of aliphatic hydroxyl groups excluding tert-OH is 2. The van der Waals surface area contributed by atoms with Crippen LogP contribution in [-0.2, 0) is 0 Å². The number of hydrogen-bond donors (Lipinski definition) is 2. The second-order valence-corrected chi connectivity index (χ2v) is 3.70. The van der Waals surface area contributed by atoms with Crippen LogP contribution in [0, 0.1) is 6.92 Å². The molecule has 1 heterocycles. The molecule has 0 aliphatic carbocycles. The van der Waals surface area contributed by atoms with E-state index in [0.29, 0.717) is 23.3 Å². The fraction of sp³-hybridized carbons (Fsp3) is 0.556. The molecule has 0 radical (unpaired) electrons. The van der Waals surface area contributed by atoms with Crippen LogP contribution in [0.5, 0.6) is 0 Å². The minimum atomic E-state index is -0.788. The predicted molar refractivity (Wildman–Crippen MR) is 58.1 cm³/mol. The van der Waals surface area contributed by atoms with Crippen molar-refractivity contribution >= 4 is 17.4 Å². The first kappa shape index (κ1) is 12.2. The summed E-state index contributed by atoms with van der Waals surface area (Å²) in [5, 5.41) is 18.3. The van der Waals surface area contributed by atoms with Crippen molar-refractivity contribution in [2.24, 2.45) is 0 Å². The van der Waals surface area contributed by atoms with E-state index in [1.165, 1.54) is 0 Å². The van der Waals surface area contributed by atoms with Gasteiger partial charge in [-0.3, -0.25) is 0 Å². The van der Waals surface area contributed by atoms with Gasteiger partial charge in [-0.1, -0.05) is 11.6 Å². The van der Waals surface area contributed by atoms with Crippen molar-refractivity contribution in [3.8, 4) is 0 Å². The van der Waals surface area contributed by atoms with E-state index >= 15 is 0 Å². The van der Waals surface area contributed by atoms with Crippen molar-refractivity contribution in [3.05, 3.63) is 17.0 Å². The van der Waals surface area contributed by atoms with Gasteiger partial charge in [-0.2, -0.15) is 0 Å². The molecule has 5 nitrogen and oxygen atoms in total. The number of likely N-dealkylation sites (N-methyl/N-ethyl adjacent to an activating group) is 1. The molecule has 1 aromatic rings. The zero-order valence-electron chi connectivity index (χ0n) is 8.68. The molecule has 0 amide bonds. The minimum Gasteiger partial charge on any atom is -0.394 e. The zero-order chi connectivity index (χ0) is 11.4. The molecule has 0 spiro atoms. The van der Waals surface area contributed by atoms with Crippen molar-refractivity contribution in [1.82, 2.24) is 9.97 Å². The third-order valence-electron chi connectivity index (χ3n) is 1.88. The number of anilines is 1. The molecule has 0 saturated heterocycles. The van der Waals surface area contributed by atoms with Crippen LogP contribution in [0.4, 0.5) is 5.82 Å². The SMILES string of the molecule is Cc1nc(Cl)cc(N(C)C[C@H](O)CO)n1. The molecule has 6 heteroatoms. The van der Waals surface area contributed by atoms with Gasteiger partial charge in [-0.25, -0.2) is 9.97 Å². The third kappa shape index (κ3) is 3.62. The minimum absolute atomic E-state index is 0.276. The van der Waals surface area contributed by atoms with E-state index in [1.807, 2.05) is 0 Å². The normalized spacial score (nSPS) is 12.6. The summed E-state index contributed by atoms with van der Waals surface area (Å²) in [6.45, 7) is 1.76. The fourth-order valence-corrected chi connectivity index (χ4v) is 1.40. The molecule has 0 aliphatic heterocycles. The summed E-state index contributed by atoms with van der Waals surface area (Å²) in [4.78, 5) is 9.80. The van der Waals surface area contributed by atoms with Crippen LogP contribution < -0.4 is 4.90 Å². The molecular weight excluding hydrogens is 218 g/mol. The average molecular weight is 232 g/mol. The maximum Gasteiger partial charge on any atom is 0.134 e. The molecule has 1 rings (SSSR count). The van der Waals surface area contributed by atoms with Crippen LogP contribution in [0.2, 0.25) is 5.15 Å². The second-order valence-electron chi connectivity index (χ2n) is 3.31. The molecule has 1 atom stereocenters. The van der Waals surface area contributed by atoms with Gasteiger partial charge in [0.15, 0.2) is 0 Å². The van der Waals surface area contributed by atoms with E-state index in [2.05, 4.69) is 9.97 Å². The molecule has 0 fully saturated rings. The van der Waals surface area contributed by atoms with Gasteiger partial charge >= 0.3 is 0 Å². The molecule has 0 bridgehead atoms. The summed E-state index contributed by atoms with van der Waals surface area (Å²) < 4.78 is 0. The lowest BCUT2D eigenvalue weighted by molar-refractivity contribution is 0.101.